The summed E-state index contributed by atoms with van der Waals surface area (Å²) in [5, 5.41) is 10.7. The number of thioether (sulfide) groups is 1. The van der Waals surface area contributed by atoms with Gasteiger partial charge in [0.15, 0.2) is 0 Å². The molecule has 20 heavy (non-hydrogen) atoms. The molecule has 0 atom stereocenters. The number of ether oxygens (including phenoxy) is 1. The second-order valence-corrected chi connectivity index (χ2v) is 6.55. The molecule has 0 aliphatic rings. The van der Waals surface area contributed by atoms with Crippen molar-refractivity contribution in [1.29, 1.82) is 0 Å². The number of hydrogen-bond acceptors (Lipinski definition) is 4. The smallest absolute Gasteiger partial charge is 0.345 e. The molecule has 106 valence electrons. The molecule has 0 unspecified atom stereocenters. The van der Waals surface area contributed by atoms with Crippen LogP contribution in [0, 0.1) is 13.8 Å². The van der Waals surface area contributed by atoms with Crippen LogP contribution in [0.4, 0.5) is 0 Å². The van der Waals surface area contributed by atoms with Gasteiger partial charge in [0, 0.05) is 16.0 Å². The van der Waals surface area contributed by atoms with Crippen LogP contribution in [0.25, 0.3) is 0 Å². The summed E-state index contributed by atoms with van der Waals surface area (Å²) in [6.07, 6.45) is 0. The van der Waals surface area contributed by atoms with Crippen LogP contribution < -0.4 is 4.74 Å². The van der Waals surface area contributed by atoms with Gasteiger partial charge in [-0.25, -0.2) is 4.79 Å². The minimum Gasteiger partial charge on any atom is -0.493 e. The lowest BCUT2D eigenvalue weighted by molar-refractivity contribution is 0.0702. The first-order valence-electron chi connectivity index (χ1n) is 6.20. The lowest BCUT2D eigenvalue weighted by Gasteiger charge is -2.07. The number of rotatable bonds is 6. The van der Waals surface area contributed by atoms with Crippen LogP contribution in [0.5, 0.6) is 5.75 Å². The van der Waals surface area contributed by atoms with Gasteiger partial charge in [-0.3, -0.25) is 0 Å². The number of aromatic carboxylic acids is 1. The zero-order valence-corrected chi connectivity index (χ0v) is 13.0. The summed E-state index contributed by atoms with van der Waals surface area (Å²) in [5.41, 5.74) is 2.38. The highest BCUT2D eigenvalue weighted by Gasteiger charge is 2.06. The van der Waals surface area contributed by atoms with E-state index < -0.39 is 5.97 Å². The number of thiophene rings is 1. The SMILES string of the molecule is Cc1cc(C)cc(OCCSc2csc(C(=O)O)c2)c1. The number of hydrogen-bond donors (Lipinski definition) is 1. The highest BCUT2D eigenvalue weighted by Crippen LogP contribution is 2.25. The Balaban J connectivity index is 1.79. The number of benzene rings is 1. The van der Waals surface area contributed by atoms with Crippen molar-refractivity contribution in [2.75, 3.05) is 12.4 Å². The second kappa shape index (κ2) is 6.81. The number of carboxylic acid groups (broad SMARTS) is 1. The molecular formula is C15H16O3S2. The van der Waals surface area contributed by atoms with E-state index in [4.69, 9.17) is 9.84 Å². The van der Waals surface area contributed by atoms with E-state index in [-0.39, 0.29) is 0 Å². The van der Waals surface area contributed by atoms with Crippen LogP contribution in [0.15, 0.2) is 34.5 Å². The van der Waals surface area contributed by atoms with Crippen LogP contribution in [-0.2, 0) is 0 Å². The summed E-state index contributed by atoms with van der Waals surface area (Å²) in [6, 6.07) is 7.85. The molecule has 0 aliphatic carbocycles. The number of carbonyl (C=O) groups is 1. The van der Waals surface area contributed by atoms with Crippen molar-refractivity contribution in [2.24, 2.45) is 0 Å². The molecule has 0 saturated heterocycles. The number of aryl methyl sites for hydroxylation is 2. The molecule has 1 aromatic heterocycles. The largest absolute Gasteiger partial charge is 0.493 e. The Morgan fingerprint density at radius 3 is 2.55 bits per heavy atom. The normalized spacial score (nSPS) is 10.5. The Labute approximate surface area is 126 Å². The van der Waals surface area contributed by atoms with Crippen molar-refractivity contribution < 1.29 is 14.6 Å². The van der Waals surface area contributed by atoms with Gasteiger partial charge in [-0.15, -0.1) is 23.1 Å². The van der Waals surface area contributed by atoms with E-state index in [2.05, 4.69) is 6.07 Å². The van der Waals surface area contributed by atoms with Gasteiger partial charge < -0.3 is 9.84 Å². The fourth-order valence-electron chi connectivity index (χ4n) is 1.84. The minimum absolute atomic E-state index is 0.378. The average Bonchev–Trinajstić information content (AvgIpc) is 2.82. The summed E-state index contributed by atoms with van der Waals surface area (Å²) in [4.78, 5) is 12.1. The number of carboxylic acids is 1. The van der Waals surface area contributed by atoms with Crippen molar-refractivity contribution in [3.05, 3.63) is 45.6 Å². The first-order valence-corrected chi connectivity index (χ1v) is 8.07. The van der Waals surface area contributed by atoms with E-state index >= 15 is 0 Å². The fraction of sp³-hybridized carbons (Fsp3) is 0.267. The third-order valence-electron chi connectivity index (χ3n) is 2.60. The predicted molar refractivity (Wildman–Crippen MR) is 83.4 cm³/mol. The maximum atomic E-state index is 10.8. The summed E-state index contributed by atoms with van der Waals surface area (Å²) in [5.74, 6) is 0.816. The Kier molecular flexibility index (Phi) is 5.09. The van der Waals surface area contributed by atoms with E-state index in [9.17, 15) is 4.79 Å². The highest BCUT2D eigenvalue weighted by atomic mass is 32.2. The van der Waals surface area contributed by atoms with Gasteiger partial charge in [-0.1, -0.05) is 6.07 Å². The van der Waals surface area contributed by atoms with Crippen LogP contribution >= 0.6 is 23.1 Å². The van der Waals surface area contributed by atoms with E-state index in [1.807, 2.05) is 31.4 Å². The Bertz CT molecular complexity index is 585. The van der Waals surface area contributed by atoms with E-state index in [0.29, 0.717) is 11.5 Å². The molecular weight excluding hydrogens is 292 g/mol. The molecule has 0 spiro atoms. The molecule has 0 aliphatic heterocycles. The first kappa shape index (κ1) is 14.9. The van der Waals surface area contributed by atoms with Gasteiger partial charge in [0.2, 0.25) is 0 Å². The molecule has 2 rings (SSSR count). The van der Waals surface area contributed by atoms with Crippen molar-refractivity contribution in [3.63, 3.8) is 0 Å². The maximum Gasteiger partial charge on any atom is 0.345 e. The standard InChI is InChI=1S/C15H16O3S2/c1-10-5-11(2)7-12(6-10)18-3-4-19-13-8-14(15(16)17)20-9-13/h5-9H,3-4H2,1-2H3,(H,16,17). The molecule has 5 heteroatoms. The molecule has 0 amide bonds. The van der Waals surface area contributed by atoms with Gasteiger partial charge in [0.1, 0.15) is 10.6 Å². The third kappa shape index (κ3) is 4.28. The highest BCUT2D eigenvalue weighted by molar-refractivity contribution is 7.99. The summed E-state index contributed by atoms with van der Waals surface area (Å²) >= 11 is 2.86. The Morgan fingerprint density at radius 2 is 1.95 bits per heavy atom. The summed E-state index contributed by atoms with van der Waals surface area (Å²) < 4.78 is 5.71. The molecule has 2 aromatic rings. The topological polar surface area (TPSA) is 46.5 Å². The van der Waals surface area contributed by atoms with Crippen molar-refractivity contribution in [3.8, 4) is 5.75 Å². The predicted octanol–water partition coefficient (Wildman–Crippen LogP) is 4.23. The Morgan fingerprint density at radius 1 is 1.25 bits per heavy atom. The van der Waals surface area contributed by atoms with Crippen molar-refractivity contribution in [2.45, 2.75) is 18.7 Å². The molecule has 3 nitrogen and oxygen atoms in total. The monoisotopic (exact) mass is 308 g/mol. The van der Waals surface area contributed by atoms with Gasteiger partial charge >= 0.3 is 5.97 Å². The van der Waals surface area contributed by atoms with Crippen molar-refractivity contribution >= 4 is 29.1 Å². The molecule has 1 N–H and O–H groups in total. The zero-order valence-electron chi connectivity index (χ0n) is 11.4. The van der Waals surface area contributed by atoms with Crippen LogP contribution in [0.1, 0.15) is 20.8 Å². The summed E-state index contributed by atoms with van der Waals surface area (Å²) in [7, 11) is 0. The van der Waals surface area contributed by atoms with Gasteiger partial charge in [0.05, 0.1) is 6.61 Å². The third-order valence-corrected chi connectivity index (χ3v) is 4.61. The van der Waals surface area contributed by atoms with Crippen LogP contribution in [0.3, 0.4) is 0 Å². The fourth-order valence-corrected chi connectivity index (χ4v) is 3.54. The second-order valence-electron chi connectivity index (χ2n) is 4.47. The maximum absolute atomic E-state index is 10.8. The van der Waals surface area contributed by atoms with Crippen LogP contribution in [0.2, 0.25) is 0 Å². The van der Waals surface area contributed by atoms with E-state index in [1.165, 1.54) is 22.5 Å². The lowest BCUT2D eigenvalue weighted by Crippen LogP contribution is -2.00. The molecule has 0 bridgehead atoms. The Hall–Kier alpha value is -1.46. The van der Waals surface area contributed by atoms with Gasteiger partial charge in [0.25, 0.3) is 0 Å². The van der Waals surface area contributed by atoms with Crippen LogP contribution in [-0.4, -0.2) is 23.4 Å². The first-order chi connectivity index (χ1) is 9.54. The molecule has 0 fully saturated rings. The zero-order chi connectivity index (χ0) is 14.5. The minimum atomic E-state index is -0.867. The average molecular weight is 308 g/mol. The van der Waals surface area contributed by atoms with Gasteiger partial charge in [-0.2, -0.15) is 0 Å². The molecule has 1 heterocycles. The summed E-state index contributed by atoms with van der Waals surface area (Å²) in [6.45, 7) is 4.70. The molecule has 0 saturated carbocycles. The molecule has 1 aromatic carbocycles. The molecule has 0 radical (unpaired) electrons. The lowest BCUT2D eigenvalue weighted by atomic mass is 10.1. The van der Waals surface area contributed by atoms with Crippen molar-refractivity contribution in [1.82, 2.24) is 0 Å². The van der Waals surface area contributed by atoms with Gasteiger partial charge in [-0.05, 0) is 43.2 Å². The quantitative estimate of drug-likeness (QED) is 0.640. The van der Waals surface area contributed by atoms with E-state index in [0.717, 1.165) is 16.4 Å². The van der Waals surface area contributed by atoms with E-state index in [1.54, 1.807) is 17.8 Å².